The minimum atomic E-state index is 0.251. The summed E-state index contributed by atoms with van der Waals surface area (Å²) in [6, 6.07) is 4.61. The van der Waals surface area contributed by atoms with E-state index in [4.69, 9.17) is 0 Å². The molecule has 0 spiro atoms. The normalized spacial score (nSPS) is 20.1. The van der Waals surface area contributed by atoms with Crippen LogP contribution in [0.15, 0.2) is 24.7 Å². The van der Waals surface area contributed by atoms with Gasteiger partial charge in [0.2, 0.25) is 0 Å². The predicted octanol–water partition coefficient (Wildman–Crippen LogP) is 3.21. The third-order valence-corrected chi connectivity index (χ3v) is 5.61. The van der Waals surface area contributed by atoms with E-state index in [9.17, 15) is 0 Å². The van der Waals surface area contributed by atoms with Crippen molar-refractivity contribution < 1.29 is 0 Å². The van der Waals surface area contributed by atoms with Crippen molar-refractivity contribution in [3.63, 3.8) is 0 Å². The Balaban J connectivity index is 1.40. The Labute approximate surface area is 149 Å². The second-order valence-electron chi connectivity index (χ2n) is 7.35. The molecular weight excluding hydrogens is 312 g/mol. The molecule has 0 amide bonds. The van der Waals surface area contributed by atoms with Crippen LogP contribution < -0.4 is 10.2 Å². The molecule has 2 N–H and O–H groups in total. The van der Waals surface area contributed by atoms with Gasteiger partial charge in [-0.2, -0.15) is 5.10 Å². The second-order valence-corrected chi connectivity index (χ2v) is 7.35. The lowest BCUT2D eigenvalue weighted by molar-refractivity contribution is 0.262. The van der Waals surface area contributed by atoms with Crippen LogP contribution in [0.2, 0.25) is 0 Å². The van der Waals surface area contributed by atoms with Crippen molar-refractivity contribution in [2.24, 2.45) is 5.92 Å². The summed E-state index contributed by atoms with van der Waals surface area (Å²) in [6.45, 7) is 3.09. The lowest BCUT2D eigenvalue weighted by Gasteiger charge is -2.29. The second kappa shape index (κ2) is 7.95. The van der Waals surface area contributed by atoms with Gasteiger partial charge in [-0.15, -0.1) is 0 Å². The van der Waals surface area contributed by atoms with E-state index in [0.717, 1.165) is 31.3 Å². The summed E-state index contributed by atoms with van der Waals surface area (Å²) >= 11 is 0. The van der Waals surface area contributed by atoms with Crippen LogP contribution in [-0.2, 0) is 6.54 Å². The monoisotopic (exact) mass is 340 g/mol. The standard InChI is InChI=1S/C19H28N6/c1-2-6-16(7-3-1)18(19-22-14-23-24-19)21-13-15-8-9-17(20-12-15)25-10-4-5-11-25/h8-9,12,14,16,18,21H,1-7,10-11,13H2,(H,22,23,24). The molecule has 3 heterocycles. The van der Waals surface area contributed by atoms with Gasteiger partial charge in [0.05, 0.1) is 6.04 Å². The van der Waals surface area contributed by atoms with Crippen LogP contribution in [0.4, 0.5) is 5.82 Å². The highest BCUT2D eigenvalue weighted by molar-refractivity contribution is 5.40. The van der Waals surface area contributed by atoms with E-state index in [2.05, 4.69) is 42.5 Å². The SMILES string of the molecule is c1n[nH]c(C(NCc2ccc(N3CCCC3)nc2)C2CCCCC2)n1. The van der Waals surface area contributed by atoms with Gasteiger partial charge >= 0.3 is 0 Å². The van der Waals surface area contributed by atoms with E-state index in [-0.39, 0.29) is 6.04 Å². The third-order valence-electron chi connectivity index (χ3n) is 5.61. The Morgan fingerprint density at radius 1 is 1.08 bits per heavy atom. The maximum atomic E-state index is 4.66. The van der Waals surface area contributed by atoms with E-state index in [1.165, 1.54) is 50.5 Å². The number of anilines is 1. The van der Waals surface area contributed by atoms with Crippen molar-refractivity contribution in [1.29, 1.82) is 0 Å². The molecule has 0 aromatic carbocycles. The Hall–Kier alpha value is -1.95. The molecular formula is C19H28N6. The Bertz CT molecular complexity index is 626. The molecule has 2 aromatic heterocycles. The largest absolute Gasteiger partial charge is 0.357 e. The Kier molecular flexibility index (Phi) is 5.25. The highest BCUT2D eigenvalue weighted by Crippen LogP contribution is 2.33. The number of nitrogens with one attached hydrogen (secondary N) is 2. The van der Waals surface area contributed by atoms with Crippen molar-refractivity contribution in [2.45, 2.75) is 57.5 Å². The molecule has 6 heteroatoms. The highest BCUT2D eigenvalue weighted by Gasteiger charge is 2.26. The van der Waals surface area contributed by atoms with Crippen molar-refractivity contribution >= 4 is 5.82 Å². The van der Waals surface area contributed by atoms with Crippen LogP contribution in [0, 0.1) is 5.92 Å². The molecule has 0 bridgehead atoms. The van der Waals surface area contributed by atoms with Crippen molar-refractivity contribution in [1.82, 2.24) is 25.5 Å². The fourth-order valence-corrected chi connectivity index (χ4v) is 4.20. The van der Waals surface area contributed by atoms with Crippen LogP contribution in [-0.4, -0.2) is 33.3 Å². The van der Waals surface area contributed by atoms with E-state index < -0.39 is 0 Å². The fourth-order valence-electron chi connectivity index (χ4n) is 4.20. The lowest BCUT2D eigenvalue weighted by Crippen LogP contribution is -2.30. The van der Waals surface area contributed by atoms with Gasteiger partial charge in [-0.1, -0.05) is 25.3 Å². The van der Waals surface area contributed by atoms with Gasteiger partial charge in [-0.25, -0.2) is 9.97 Å². The van der Waals surface area contributed by atoms with Crippen LogP contribution in [0.1, 0.15) is 62.4 Å². The van der Waals surface area contributed by atoms with Crippen molar-refractivity contribution in [3.8, 4) is 0 Å². The molecule has 25 heavy (non-hydrogen) atoms. The molecule has 0 radical (unpaired) electrons. The zero-order valence-corrected chi connectivity index (χ0v) is 14.8. The zero-order chi connectivity index (χ0) is 16.9. The summed E-state index contributed by atoms with van der Waals surface area (Å²) in [7, 11) is 0. The molecule has 1 saturated heterocycles. The summed E-state index contributed by atoms with van der Waals surface area (Å²) in [5.74, 6) is 2.72. The quantitative estimate of drug-likeness (QED) is 0.845. The van der Waals surface area contributed by atoms with Crippen LogP contribution >= 0.6 is 0 Å². The smallest absolute Gasteiger partial charge is 0.141 e. The van der Waals surface area contributed by atoms with E-state index >= 15 is 0 Å². The number of aromatic nitrogens is 4. The van der Waals surface area contributed by atoms with E-state index in [1.54, 1.807) is 6.33 Å². The zero-order valence-electron chi connectivity index (χ0n) is 14.8. The first-order chi connectivity index (χ1) is 12.4. The molecule has 1 unspecified atom stereocenters. The average Bonchev–Trinajstić information content (AvgIpc) is 3.38. The molecule has 2 fully saturated rings. The van der Waals surface area contributed by atoms with Crippen molar-refractivity contribution in [2.75, 3.05) is 18.0 Å². The topological polar surface area (TPSA) is 69.7 Å². The first-order valence-electron chi connectivity index (χ1n) is 9.69. The van der Waals surface area contributed by atoms with Gasteiger partial charge in [-0.3, -0.25) is 5.10 Å². The first-order valence-corrected chi connectivity index (χ1v) is 9.69. The molecule has 6 nitrogen and oxygen atoms in total. The maximum Gasteiger partial charge on any atom is 0.141 e. The van der Waals surface area contributed by atoms with Gasteiger partial charge in [0, 0.05) is 25.8 Å². The van der Waals surface area contributed by atoms with Gasteiger partial charge in [0.1, 0.15) is 18.0 Å². The molecule has 1 atom stereocenters. The minimum absolute atomic E-state index is 0.251. The lowest BCUT2D eigenvalue weighted by atomic mass is 9.83. The number of H-pyrrole nitrogens is 1. The highest BCUT2D eigenvalue weighted by atomic mass is 15.2. The molecule has 134 valence electrons. The van der Waals surface area contributed by atoms with Gasteiger partial charge in [0.25, 0.3) is 0 Å². The van der Waals surface area contributed by atoms with Crippen LogP contribution in [0.5, 0.6) is 0 Å². The van der Waals surface area contributed by atoms with Gasteiger partial charge < -0.3 is 10.2 Å². The van der Waals surface area contributed by atoms with Gasteiger partial charge in [-0.05, 0) is 43.2 Å². The summed E-state index contributed by atoms with van der Waals surface area (Å²) in [5.41, 5.74) is 1.23. The number of nitrogens with zero attached hydrogens (tertiary/aromatic N) is 4. The molecule has 1 aliphatic carbocycles. The average molecular weight is 340 g/mol. The molecule has 1 aliphatic heterocycles. The van der Waals surface area contributed by atoms with E-state index in [1.807, 2.05) is 6.20 Å². The third kappa shape index (κ3) is 4.00. The Morgan fingerprint density at radius 2 is 1.92 bits per heavy atom. The molecule has 1 saturated carbocycles. The number of hydrogen-bond acceptors (Lipinski definition) is 5. The molecule has 4 rings (SSSR count). The summed E-state index contributed by atoms with van der Waals surface area (Å²) < 4.78 is 0. The fraction of sp³-hybridized carbons (Fsp3) is 0.632. The van der Waals surface area contributed by atoms with Gasteiger partial charge in [0.15, 0.2) is 0 Å². The first kappa shape index (κ1) is 16.5. The predicted molar refractivity (Wildman–Crippen MR) is 98.2 cm³/mol. The molecule has 2 aliphatic rings. The number of rotatable bonds is 6. The summed E-state index contributed by atoms with van der Waals surface area (Å²) in [5, 5.41) is 10.8. The summed E-state index contributed by atoms with van der Waals surface area (Å²) in [4.78, 5) is 11.5. The number of aromatic amines is 1. The molecule has 2 aromatic rings. The van der Waals surface area contributed by atoms with E-state index in [0.29, 0.717) is 5.92 Å². The van der Waals surface area contributed by atoms with Crippen LogP contribution in [0.3, 0.4) is 0 Å². The number of hydrogen-bond donors (Lipinski definition) is 2. The Morgan fingerprint density at radius 3 is 2.60 bits per heavy atom. The maximum absolute atomic E-state index is 4.66. The minimum Gasteiger partial charge on any atom is -0.357 e. The number of pyridine rings is 1. The van der Waals surface area contributed by atoms with Crippen molar-refractivity contribution in [3.05, 3.63) is 36.0 Å². The van der Waals surface area contributed by atoms with Crippen LogP contribution in [0.25, 0.3) is 0 Å². The summed E-state index contributed by atoms with van der Waals surface area (Å²) in [6.07, 6.45) is 12.7.